The van der Waals surface area contributed by atoms with Crippen molar-refractivity contribution < 1.29 is 13.9 Å². The third-order valence-corrected chi connectivity index (χ3v) is 4.22. The summed E-state index contributed by atoms with van der Waals surface area (Å²) < 4.78 is 19.3. The van der Waals surface area contributed by atoms with Crippen LogP contribution in [-0.4, -0.2) is 30.6 Å². The van der Waals surface area contributed by atoms with Crippen LogP contribution in [0.2, 0.25) is 0 Å². The maximum atomic E-state index is 14.1. The van der Waals surface area contributed by atoms with Gasteiger partial charge in [0.15, 0.2) is 0 Å². The molecule has 6 heteroatoms. The number of carbonyl (C=O) groups is 1. The SMILES string of the molecule is CCOCCCNC(=O)c1cc(F)cc(-c2ccc3cc[nH]c(=O)c3c2)c1. The number of hydrogen-bond donors (Lipinski definition) is 2. The second kappa shape index (κ2) is 8.60. The van der Waals surface area contributed by atoms with Crippen LogP contribution in [0.3, 0.4) is 0 Å². The van der Waals surface area contributed by atoms with E-state index < -0.39 is 5.82 Å². The molecule has 0 bridgehead atoms. The van der Waals surface area contributed by atoms with E-state index in [-0.39, 0.29) is 17.0 Å². The third kappa shape index (κ3) is 4.60. The highest BCUT2D eigenvalue weighted by molar-refractivity contribution is 5.96. The minimum Gasteiger partial charge on any atom is -0.382 e. The molecule has 0 spiro atoms. The molecule has 0 aliphatic rings. The van der Waals surface area contributed by atoms with Gasteiger partial charge in [0, 0.05) is 36.9 Å². The summed E-state index contributed by atoms with van der Waals surface area (Å²) in [7, 11) is 0. The number of fused-ring (bicyclic) bond motifs is 1. The van der Waals surface area contributed by atoms with Crippen LogP contribution in [0.4, 0.5) is 4.39 Å². The molecule has 140 valence electrons. The lowest BCUT2D eigenvalue weighted by molar-refractivity contribution is 0.0944. The fourth-order valence-corrected chi connectivity index (χ4v) is 2.87. The minimum atomic E-state index is -0.506. The zero-order valence-electron chi connectivity index (χ0n) is 15.0. The summed E-state index contributed by atoms with van der Waals surface area (Å²) in [6.45, 7) is 3.57. The number of H-pyrrole nitrogens is 1. The first-order valence-corrected chi connectivity index (χ1v) is 8.87. The van der Waals surface area contributed by atoms with E-state index in [0.29, 0.717) is 42.7 Å². The van der Waals surface area contributed by atoms with Crippen LogP contribution in [0.25, 0.3) is 21.9 Å². The van der Waals surface area contributed by atoms with E-state index in [0.717, 1.165) is 5.39 Å². The van der Waals surface area contributed by atoms with E-state index in [1.54, 1.807) is 36.5 Å². The van der Waals surface area contributed by atoms with Gasteiger partial charge in [-0.3, -0.25) is 9.59 Å². The predicted molar refractivity (Wildman–Crippen MR) is 103 cm³/mol. The fraction of sp³-hybridized carbons (Fsp3) is 0.238. The quantitative estimate of drug-likeness (QED) is 0.627. The second-order valence-corrected chi connectivity index (χ2v) is 6.14. The molecule has 0 aliphatic carbocycles. The van der Waals surface area contributed by atoms with Crippen molar-refractivity contribution in [3.05, 3.63) is 70.4 Å². The lowest BCUT2D eigenvalue weighted by Gasteiger charge is -2.09. The van der Waals surface area contributed by atoms with Crippen molar-refractivity contribution >= 4 is 16.7 Å². The molecule has 0 radical (unpaired) electrons. The van der Waals surface area contributed by atoms with Crippen LogP contribution >= 0.6 is 0 Å². The molecule has 0 saturated heterocycles. The highest BCUT2D eigenvalue weighted by Gasteiger charge is 2.11. The molecule has 0 atom stereocenters. The third-order valence-electron chi connectivity index (χ3n) is 4.22. The molecule has 0 unspecified atom stereocenters. The standard InChI is InChI=1S/C21H21FN2O3/c1-2-27-9-3-7-23-20(25)17-10-16(11-18(22)12-17)15-5-4-14-6-8-24-21(26)19(14)13-15/h4-6,8,10-13H,2-3,7,9H2,1H3,(H,23,25)(H,24,26). The molecule has 5 nitrogen and oxygen atoms in total. The van der Waals surface area contributed by atoms with Crippen LogP contribution in [0, 0.1) is 5.82 Å². The summed E-state index contributed by atoms with van der Waals surface area (Å²) in [6, 6.07) is 11.3. The average molecular weight is 368 g/mol. The number of aromatic amines is 1. The van der Waals surface area contributed by atoms with Gasteiger partial charge in [-0.15, -0.1) is 0 Å². The molecule has 1 amide bonds. The molecule has 2 aromatic carbocycles. The lowest BCUT2D eigenvalue weighted by Crippen LogP contribution is -2.25. The molecular formula is C21H21FN2O3. The van der Waals surface area contributed by atoms with Gasteiger partial charge < -0.3 is 15.0 Å². The zero-order chi connectivity index (χ0) is 19.2. The molecule has 0 aliphatic heterocycles. The van der Waals surface area contributed by atoms with Crippen LogP contribution in [0.15, 0.2) is 53.5 Å². The Bertz CT molecular complexity index is 1010. The molecule has 0 fully saturated rings. The number of hydrogen-bond acceptors (Lipinski definition) is 3. The van der Waals surface area contributed by atoms with Gasteiger partial charge in [-0.05, 0) is 60.2 Å². The Hall–Kier alpha value is -2.99. The van der Waals surface area contributed by atoms with Gasteiger partial charge in [0.05, 0.1) is 0 Å². The van der Waals surface area contributed by atoms with Crippen LogP contribution in [0.1, 0.15) is 23.7 Å². The topological polar surface area (TPSA) is 71.2 Å². The fourth-order valence-electron chi connectivity index (χ4n) is 2.87. The molecule has 1 aromatic heterocycles. The summed E-state index contributed by atoms with van der Waals surface area (Å²) in [5, 5.41) is 4.07. The van der Waals surface area contributed by atoms with Gasteiger partial charge in [-0.1, -0.05) is 12.1 Å². The number of rotatable bonds is 7. The highest BCUT2D eigenvalue weighted by atomic mass is 19.1. The largest absolute Gasteiger partial charge is 0.382 e. The summed E-state index contributed by atoms with van der Waals surface area (Å²) in [6.07, 6.45) is 2.27. The Morgan fingerprint density at radius 2 is 2.00 bits per heavy atom. The van der Waals surface area contributed by atoms with Gasteiger partial charge in [-0.2, -0.15) is 0 Å². The first-order chi connectivity index (χ1) is 13.1. The maximum Gasteiger partial charge on any atom is 0.255 e. The smallest absolute Gasteiger partial charge is 0.255 e. The number of halogens is 1. The number of amides is 1. The predicted octanol–water partition coefficient (Wildman–Crippen LogP) is 3.49. The number of aromatic nitrogens is 1. The van der Waals surface area contributed by atoms with Crippen molar-refractivity contribution in [2.45, 2.75) is 13.3 Å². The molecular weight excluding hydrogens is 347 g/mol. The lowest BCUT2D eigenvalue weighted by atomic mass is 10.00. The normalized spacial score (nSPS) is 10.9. The highest BCUT2D eigenvalue weighted by Crippen LogP contribution is 2.25. The molecule has 3 rings (SSSR count). The minimum absolute atomic E-state index is 0.210. The number of pyridine rings is 1. The van der Waals surface area contributed by atoms with Gasteiger partial charge in [-0.25, -0.2) is 4.39 Å². The average Bonchev–Trinajstić information content (AvgIpc) is 2.67. The van der Waals surface area contributed by atoms with Gasteiger partial charge >= 0.3 is 0 Å². The molecule has 3 aromatic rings. The van der Waals surface area contributed by atoms with Gasteiger partial charge in [0.2, 0.25) is 0 Å². The number of nitrogens with one attached hydrogen (secondary N) is 2. The molecule has 2 N–H and O–H groups in total. The Labute approximate surface area is 156 Å². The Morgan fingerprint density at radius 3 is 2.81 bits per heavy atom. The zero-order valence-corrected chi connectivity index (χ0v) is 15.0. The Morgan fingerprint density at radius 1 is 1.15 bits per heavy atom. The summed E-state index contributed by atoms with van der Waals surface area (Å²) in [5.41, 5.74) is 1.24. The van der Waals surface area contributed by atoms with Crippen LogP contribution in [0.5, 0.6) is 0 Å². The number of carbonyl (C=O) groups excluding carboxylic acids is 1. The van der Waals surface area contributed by atoms with Crippen molar-refractivity contribution in [1.29, 1.82) is 0 Å². The van der Waals surface area contributed by atoms with Gasteiger partial charge in [0.25, 0.3) is 11.5 Å². The van der Waals surface area contributed by atoms with E-state index in [9.17, 15) is 14.0 Å². The summed E-state index contributed by atoms with van der Waals surface area (Å²) in [5.74, 6) is -0.847. The van der Waals surface area contributed by atoms with Crippen molar-refractivity contribution in [3.8, 4) is 11.1 Å². The van der Waals surface area contributed by atoms with E-state index in [2.05, 4.69) is 10.3 Å². The van der Waals surface area contributed by atoms with E-state index in [1.165, 1.54) is 12.1 Å². The Kier molecular flexibility index (Phi) is 5.98. The summed E-state index contributed by atoms with van der Waals surface area (Å²) >= 11 is 0. The van der Waals surface area contributed by atoms with Gasteiger partial charge in [0.1, 0.15) is 5.82 Å². The van der Waals surface area contributed by atoms with E-state index >= 15 is 0 Å². The van der Waals surface area contributed by atoms with Crippen molar-refractivity contribution in [1.82, 2.24) is 10.3 Å². The van der Waals surface area contributed by atoms with Crippen molar-refractivity contribution in [3.63, 3.8) is 0 Å². The van der Waals surface area contributed by atoms with Crippen LogP contribution in [-0.2, 0) is 4.74 Å². The van der Waals surface area contributed by atoms with Crippen molar-refractivity contribution in [2.24, 2.45) is 0 Å². The first-order valence-electron chi connectivity index (χ1n) is 8.87. The van der Waals surface area contributed by atoms with E-state index in [1.807, 2.05) is 6.92 Å². The molecule has 0 saturated carbocycles. The number of benzene rings is 2. The monoisotopic (exact) mass is 368 g/mol. The Balaban J connectivity index is 1.84. The van der Waals surface area contributed by atoms with E-state index in [4.69, 9.17) is 4.74 Å². The number of ether oxygens (including phenoxy) is 1. The molecule has 27 heavy (non-hydrogen) atoms. The van der Waals surface area contributed by atoms with Crippen LogP contribution < -0.4 is 10.9 Å². The molecule has 1 heterocycles. The maximum absolute atomic E-state index is 14.1. The second-order valence-electron chi connectivity index (χ2n) is 6.14. The summed E-state index contributed by atoms with van der Waals surface area (Å²) in [4.78, 5) is 26.9. The van der Waals surface area contributed by atoms with Crippen molar-refractivity contribution in [2.75, 3.05) is 19.8 Å². The first kappa shape index (κ1) is 18.8.